The van der Waals surface area contributed by atoms with Gasteiger partial charge in [0.15, 0.2) is 0 Å². The Balaban J connectivity index is 1.59. The molecule has 1 heterocycles. The minimum Gasteiger partial charge on any atom is -0.477 e. The smallest absolute Gasteiger partial charge is 0.343 e. The number of hydrogen-bond acceptors (Lipinski definition) is 6. The average molecular weight is 433 g/mol. The Bertz CT molecular complexity index is 1350. The van der Waals surface area contributed by atoms with Gasteiger partial charge in [0.1, 0.15) is 10.6 Å². The van der Waals surface area contributed by atoms with Gasteiger partial charge in [-0.1, -0.05) is 12.1 Å². The van der Waals surface area contributed by atoms with Crippen LogP contribution in [0.1, 0.15) is 26.3 Å². The van der Waals surface area contributed by atoms with Gasteiger partial charge < -0.3 is 10.4 Å². The van der Waals surface area contributed by atoms with Crippen molar-refractivity contribution >= 4 is 44.8 Å². The van der Waals surface area contributed by atoms with Crippen LogP contribution in [0, 0.1) is 17.0 Å². The molecule has 0 unspecified atom stereocenters. The van der Waals surface area contributed by atoms with Gasteiger partial charge >= 0.3 is 5.97 Å². The lowest BCUT2D eigenvalue weighted by molar-refractivity contribution is -0.385. The zero-order chi connectivity index (χ0) is 22.1. The van der Waals surface area contributed by atoms with E-state index in [1.165, 1.54) is 12.1 Å². The molecule has 0 atom stereocenters. The largest absolute Gasteiger partial charge is 0.477 e. The summed E-state index contributed by atoms with van der Waals surface area (Å²) in [4.78, 5) is 39.0. The molecule has 0 spiro atoms. The van der Waals surface area contributed by atoms with E-state index >= 15 is 0 Å². The van der Waals surface area contributed by atoms with Crippen LogP contribution in [0.4, 0.5) is 11.4 Å². The number of fused-ring (bicyclic) bond motifs is 1. The summed E-state index contributed by atoms with van der Waals surface area (Å²) in [6.45, 7) is 2.02. The number of anilines is 1. The van der Waals surface area contributed by atoms with Crippen molar-refractivity contribution in [3.05, 3.63) is 87.5 Å². The summed E-state index contributed by atoms with van der Waals surface area (Å²) < 4.78 is 1.08. The minimum atomic E-state index is -1.54. The Kier molecular flexibility index (Phi) is 5.18. The van der Waals surface area contributed by atoms with Crippen LogP contribution in [0.5, 0.6) is 0 Å². The van der Waals surface area contributed by atoms with Crippen molar-refractivity contribution in [2.45, 2.75) is 6.92 Å². The highest BCUT2D eigenvalue weighted by Gasteiger charge is 2.27. The normalized spacial score (nSPS) is 10.7. The molecule has 154 valence electrons. The number of nitrogens with one attached hydrogen (secondary N) is 1. The summed E-state index contributed by atoms with van der Waals surface area (Å²) in [6.07, 6.45) is 0. The molecule has 0 aliphatic carbocycles. The van der Waals surface area contributed by atoms with Crippen LogP contribution in [-0.4, -0.2) is 26.9 Å². The molecule has 9 heteroatoms. The summed E-state index contributed by atoms with van der Waals surface area (Å²) in [7, 11) is 0. The number of nitro benzene ring substituents is 1. The van der Waals surface area contributed by atoms with Gasteiger partial charge in [-0.25, -0.2) is 9.78 Å². The first-order chi connectivity index (χ1) is 14.8. The van der Waals surface area contributed by atoms with Crippen LogP contribution in [0.3, 0.4) is 0 Å². The van der Waals surface area contributed by atoms with E-state index < -0.39 is 28.1 Å². The highest BCUT2D eigenvalue weighted by Crippen LogP contribution is 2.31. The fraction of sp³-hybridized carbons (Fsp3) is 0.0455. The molecule has 4 aromatic rings. The Morgan fingerprint density at radius 1 is 1.10 bits per heavy atom. The number of nitro groups is 1. The summed E-state index contributed by atoms with van der Waals surface area (Å²) >= 11 is 1.56. The fourth-order valence-corrected chi connectivity index (χ4v) is 4.23. The summed E-state index contributed by atoms with van der Waals surface area (Å²) in [5.41, 5.74) is 1.80. The van der Waals surface area contributed by atoms with Crippen molar-refractivity contribution in [3.63, 3.8) is 0 Å². The number of aryl methyl sites for hydroxylation is 1. The quantitative estimate of drug-likeness (QED) is 0.332. The first-order valence-electron chi connectivity index (χ1n) is 9.13. The predicted molar refractivity (Wildman–Crippen MR) is 118 cm³/mol. The first-order valence-corrected chi connectivity index (χ1v) is 9.95. The number of benzene rings is 3. The lowest BCUT2D eigenvalue weighted by Crippen LogP contribution is -2.17. The molecule has 0 fully saturated rings. The van der Waals surface area contributed by atoms with Crippen molar-refractivity contribution in [2.24, 2.45) is 0 Å². The number of hydrogen-bond donors (Lipinski definition) is 2. The lowest BCUT2D eigenvalue weighted by atomic mass is 10.0. The number of nitrogens with zero attached hydrogens (tertiary/aromatic N) is 2. The van der Waals surface area contributed by atoms with Crippen LogP contribution in [0.2, 0.25) is 0 Å². The van der Waals surface area contributed by atoms with E-state index in [1.807, 2.05) is 19.1 Å². The summed E-state index contributed by atoms with van der Waals surface area (Å²) in [5, 5.41) is 23.9. The average Bonchev–Trinajstić information content (AvgIpc) is 3.16. The number of carbonyl (C=O) groups is 2. The monoisotopic (exact) mass is 433 g/mol. The second-order valence-electron chi connectivity index (χ2n) is 6.78. The zero-order valence-corrected chi connectivity index (χ0v) is 17.0. The maximum Gasteiger partial charge on any atom is 0.343 e. The Morgan fingerprint density at radius 2 is 1.84 bits per heavy atom. The molecular weight excluding hydrogens is 418 g/mol. The number of carboxylic acids is 1. The van der Waals surface area contributed by atoms with E-state index in [1.54, 1.807) is 35.6 Å². The highest BCUT2D eigenvalue weighted by atomic mass is 32.1. The minimum absolute atomic E-state index is 0.285. The predicted octanol–water partition coefficient (Wildman–Crippen LogP) is 5.13. The van der Waals surface area contributed by atoms with E-state index in [0.717, 1.165) is 32.4 Å². The number of thiazole rings is 1. The van der Waals surface area contributed by atoms with E-state index in [2.05, 4.69) is 16.4 Å². The van der Waals surface area contributed by atoms with Gasteiger partial charge in [0.05, 0.1) is 20.7 Å². The summed E-state index contributed by atoms with van der Waals surface area (Å²) in [6, 6.07) is 16.5. The number of carbonyl (C=O) groups excluding carboxylic acids is 1. The molecular formula is C22H15N3O5S. The molecule has 8 nitrogen and oxygen atoms in total. The summed E-state index contributed by atoms with van der Waals surface area (Å²) in [5.74, 6) is -2.29. The van der Waals surface area contributed by atoms with Gasteiger partial charge in [0.2, 0.25) is 0 Å². The van der Waals surface area contributed by atoms with E-state index in [0.29, 0.717) is 5.69 Å². The number of aromatic carboxylic acids is 1. The maximum atomic E-state index is 12.6. The van der Waals surface area contributed by atoms with Crippen molar-refractivity contribution < 1.29 is 19.6 Å². The van der Waals surface area contributed by atoms with E-state index in [9.17, 15) is 24.8 Å². The van der Waals surface area contributed by atoms with Gasteiger partial charge in [0, 0.05) is 17.3 Å². The maximum absolute atomic E-state index is 12.6. The Labute approximate surface area is 180 Å². The molecule has 3 aromatic carbocycles. The van der Waals surface area contributed by atoms with E-state index in [4.69, 9.17) is 0 Å². The molecule has 0 bridgehead atoms. The lowest BCUT2D eigenvalue weighted by Gasteiger charge is -2.08. The topological polar surface area (TPSA) is 122 Å². The Morgan fingerprint density at radius 3 is 2.52 bits per heavy atom. The third-order valence-corrected chi connectivity index (χ3v) is 5.70. The van der Waals surface area contributed by atoms with Crippen LogP contribution in [0.15, 0.2) is 60.7 Å². The van der Waals surface area contributed by atoms with Gasteiger partial charge in [-0.05, 0) is 55.0 Å². The van der Waals surface area contributed by atoms with Crippen LogP contribution in [-0.2, 0) is 0 Å². The molecule has 31 heavy (non-hydrogen) atoms. The van der Waals surface area contributed by atoms with Gasteiger partial charge in [-0.15, -0.1) is 11.3 Å². The molecule has 2 N–H and O–H groups in total. The molecule has 0 aliphatic heterocycles. The molecule has 0 saturated carbocycles. The van der Waals surface area contributed by atoms with Gasteiger partial charge in [-0.3, -0.25) is 14.9 Å². The number of aromatic nitrogens is 1. The first kappa shape index (κ1) is 20.2. The van der Waals surface area contributed by atoms with Crippen molar-refractivity contribution in [2.75, 3.05) is 5.32 Å². The third kappa shape index (κ3) is 3.99. The van der Waals surface area contributed by atoms with Crippen LogP contribution in [0.25, 0.3) is 20.8 Å². The Hall–Kier alpha value is -4.11. The van der Waals surface area contributed by atoms with Gasteiger partial charge in [-0.2, -0.15) is 0 Å². The zero-order valence-electron chi connectivity index (χ0n) is 16.2. The molecule has 4 rings (SSSR count). The van der Waals surface area contributed by atoms with Crippen LogP contribution < -0.4 is 5.32 Å². The van der Waals surface area contributed by atoms with Crippen molar-refractivity contribution in [1.82, 2.24) is 4.98 Å². The van der Waals surface area contributed by atoms with Gasteiger partial charge in [0.25, 0.3) is 11.6 Å². The molecule has 0 aliphatic rings. The molecule has 0 saturated heterocycles. The number of rotatable bonds is 5. The second-order valence-corrected chi connectivity index (χ2v) is 7.81. The standard InChI is InChI=1S/C22H15N3O5S/c1-12-5-10-16-18(11-12)31-21(24-16)13-6-8-14(9-7-13)23-20(26)15-3-2-4-17(25(29)30)19(15)22(27)28/h2-11H,1H3,(H,23,26)(H,27,28). The van der Waals surface area contributed by atoms with Crippen LogP contribution >= 0.6 is 11.3 Å². The second kappa shape index (κ2) is 7.96. The third-order valence-electron chi connectivity index (χ3n) is 4.63. The fourth-order valence-electron chi connectivity index (χ4n) is 3.16. The van der Waals surface area contributed by atoms with E-state index in [-0.39, 0.29) is 5.56 Å². The highest BCUT2D eigenvalue weighted by molar-refractivity contribution is 7.21. The number of amides is 1. The molecule has 0 radical (unpaired) electrons. The number of carboxylic acid groups (broad SMARTS) is 1. The molecule has 1 amide bonds. The van der Waals surface area contributed by atoms with Crippen molar-refractivity contribution in [1.29, 1.82) is 0 Å². The SMILES string of the molecule is Cc1ccc2nc(-c3ccc(NC(=O)c4cccc([N+](=O)[O-])c4C(=O)O)cc3)sc2c1. The van der Waals surface area contributed by atoms with Crippen molar-refractivity contribution in [3.8, 4) is 10.6 Å². The molecule has 1 aromatic heterocycles.